The van der Waals surface area contributed by atoms with Crippen LogP contribution < -0.4 is 16.0 Å². The highest BCUT2D eigenvalue weighted by Crippen LogP contribution is 2.24. The van der Waals surface area contributed by atoms with Crippen molar-refractivity contribution in [2.24, 2.45) is 0 Å². The normalized spacial score (nSPS) is 10.1. The summed E-state index contributed by atoms with van der Waals surface area (Å²) < 4.78 is 0. The Kier molecular flexibility index (Phi) is 6.46. The molecule has 0 aliphatic heterocycles. The van der Waals surface area contributed by atoms with E-state index in [2.05, 4.69) is 16.0 Å². The molecular weight excluding hydrogens is 349 g/mol. The van der Waals surface area contributed by atoms with E-state index in [1.165, 1.54) is 0 Å². The van der Waals surface area contributed by atoms with E-state index < -0.39 is 0 Å². The van der Waals surface area contributed by atoms with Crippen molar-refractivity contribution in [3.63, 3.8) is 0 Å². The van der Waals surface area contributed by atoms with Crippen LogP contribution >= 0.6 is 23.2 Å². The third kappa shape index (κ3) is 5.44. The lowest BCUT2D eigenvalue weighted by molar-refractivity contribution is -0.116. The molecule has 2 aromatic rings. The molecule has 2 rings (SSSR count). The Labute approximate surface area is 150 Å². The van der Waals surface area contributed by atoms with Crippen molar-refractivity contribution < 1.29 is 9.59 Å². The summed E-state index contributed by atoms with van der Waals surface area (Å²) in [5, 5.41) is 9.30. The first-order valence-electron chi connectivity index (χ1n) is 7.36. The van der Waals surface area contributed by atoms with Gasteiger partial charge in [0.15, 0.2) is 0 Å². The van der Waals surface area contributed by atoms with Crippen molar-refractivity contribution in [1.82, 2.24) is 0 Å². The predicted octanol–water partition coefficient (Wildman–Crippen LogP) is 4.39. The molecule has 0 saturated heterocycles. The van der Waals surface area contributed by atoms with Crippen LogP contribution in [0.2, 0.25) is 10.0 Å². The zero-order chi connectivity index (χ0) is 17.5. The number of halogens is 2. The van der Waals surface area contributed by atoms with E-state index in [0.717, 1.165) is 5.69 Å². The third-order valence-electron chi connectivity index (χ3n) is 3.15. The number of benzene rings is 2. The van der Waals surface area contributed by atoms with Gasteiger partial charge in [-0.15, -0.1) is 0 Å². The van der Waals surface area contributed by atoms with Crippen molar-refractivity contribution in [1.29, 1.82) is 0 Å². The minimum absolute atomic E-state index is 0.0447. The molecule has 24 heavy (non-hydrogen) atoms. The maximum atomic E-state index is 11.9. The molecule has 0 unspecified atom stereocenters. The van der Waals surface area contributed by atoms with E-state index in [1.807, 2.05) is 0 Å². The molecule has 0 bridgehead atoms. The van der Waals surface area contributed by atoms with Crippen molar-refractivity contribution in [2.45, 2.75) is 13.3 Å². The quantitative estimate of drug-likeness (QED) is 0.710. The van der Waals surface area contributed by atoms with Crippen molar-refractivity contribution in [3.8, 4) is 0 Å². The van der Waals surface area contributed by atoms with Crippen LogP contribution in [0.5, 0.6) is 0 Å². The van der Waals surface area contributed by atoms with Gasteiger partial charge in [-0.25, -0.2) is 0 Å². The van der Waals surface area contributed by atoms with Crippen LogP contribution in [0.3, 0.4) is 0 Å². The molecule has 126 valence electrons. The van der Waals surface area contributed by atoms with Crippen LogP contribution in [0.4, 0.5) is 17.1 Å². The first kappa shape index (κ1) is 18.1. The van der Waals surface area contributed by atoms with E-state index in [9.17, 15) is 9.59 Å². The summed E-state index contributed by atoms with van der Waals surface area (Å²) in [6.45, 7) is 1.89. The van der Waals surface area contributed by atoms with Gasteiger partial charge >= 0.3 is 0 Å². The molecule has 0 atom stereocenters. The van der Waals surface area contributed by atoms with E-state index in [4.69, 9.17) is 23.2 Å². The second-order valence-corrected chi connectivity index (χ2v) is 5.82. The van der Waals surface area contributed by atoms with Crippen molar-refractivity contribution in [3.05, 3.63) is 52.5 Å². The van der Waals surface area contributed by atoms with Gasteiger partial charge in [0.2, 0.25) is 11.8 Å². The highest BCUT2D eigenvalue weighted by molar-refractivity contribution is 6.42. The van der Waals surface area contributed by atoms with Crippen LogP contribution in [0, 0.1) is 0 Å². The molecule has 0 fully saturated rings. The largest absolute Gasteiger partial charge is 0.376 e. The van der Waals surface area contributed by atoms with Crippen LogP contribution in [0.25, 0.3) is 0 Å². The highest BCUT2D eigenvalue weighted by atomic mass is 35.5. The summed E-state index contributed by atoms with van der Waals surface area (Å²) in [7, 11) is 0. The number of rotatable bonds is 6. The Morgan fingerprint density at radius 1 is 0.833 bits per heavy atom. The molecule has 0 radical (unpaired) electrons. The van der Waals surface area contributed by atoms with Gasteiger partial charge < -0.3 is 16.0 Å². The Bertz CT molecular complexity index is 733. The lowest BCUT2D eigenvalue weighted by Gasteiger charge is -2.09. The summed E-state index contributed by atoms with van der Waals surface area (Å²) in [6, 6.07) is 12.0. The predicted molar refractivity (Wildman–Crippen MR) is 98.9 cm³/mol. The van der Waals surface area contributed by atoms with Gasteiger partial charge in [0.25, 0.3) is 0 Å². The average molecular weight is 366 g/mol. The summed E-state index contributed by atoms with van der Waals surface area (Å²) in [5.74, 6) is -0.256. The molecule has 0 heterocycles. The standard InChI is InChI=1S/C17H17Cl2N3O2/c1-2-16(23)21-12-5-3-11(4-6-12)20-10-17(24)22-13-7-8-14(18)15(19)9-13/h3-9,20H,2,10H2,1H3,(H,21,23)(H,22,24). The minimum Gasteiger partial charge on any atom is -0.376 e. The number of carbonyl (C=O) groups excluding carboxylic acids is 2. The molecule has 7 heteroatoms. The molecule has 0 aliphatic carbocycles. The molecule has 5 nitrogen and oxygen atoms in total. The lowest BCUT2D eigenvalue weighted by Crippen LogP contribution is -2.21. The highest BCUT2D eigenvalue weighted by Gasteiger charge is 2.05. The Balaban J connectivity index is 1.85. The number of nitrogens with one attached hydrogen (secondary N) is 3. The smallest absolute Gasteiger partial charge is 0.243 e. The summed E-state index contributed by atoms with van der Waals surface area (Å²) in [5.41, 5.74) is 2.07. The van der Waals surface area contributed by atoms with Crippen LogP contribution in [0.15, 0.2) is 42.5 Å². The molecule has 0 spiro atoms. The Morgan fingerprint density at radius 3 is 2.04 bits per heavy atom. The summed E-state index contributed by atoms with van der Waals surface area (Å²) >= 11 is 11.7. The van der Waals surface area contributed by atoms with Gasteiger partial charge in [-0.1, -0.05) is 30.1 Å². The van der Waals surface area contributed by atoms with Gasteiger partial charge in [-0.3, -0.25) is 9.59 Å². The maximum Gasteiger partial charge on any atom is 0.243 e. The second kappa shape index (κ2) is 8.57. The maximum absolute atomic E-state index is 11.9. The van der Waals surface area contributed by atoms with Gasteiger partial charge in [-0.05, 0) is 42.5 Å². The molecule has 2 aromatic carbocycles. The summed E-state index contributed by atoms with van der Waals surface area (Å²) in [6.07, 6.45) is 0.425. The SMILES string of the molecule is CCC(=O)Nc1ccc(NCC(=O)Nc2ccc(Cl)c(Cl)c2)cc1. The van der Waals surface area contributed by atoms with Gasteiger partial charge in [-0.2, -0.15) is 0 Å². The first-order chi connectivity index (χ1) is 11.5. The topological polar surface area (TPSA) is 70.2 Å². The molecule has 3 N–H and O–H groups in total. The van der Waals surface area contributed by atoms with Gasteiger partial charge in [0, 0.05) is 23.5 Å². The lowest BCUT2D eigenvalue weighted by atomic mass is 10.2. The fraction of sp³-hybridized carbons (Fsp3) is 0.176. The number of amides is 2. The molecule has 2 amide bonds. The third-order valence-corrected chi connectivity index (χ3v) is 3.89. The van der Waals surface area contributed by atoms with Crippen molar-refractivity contribution in [2.75, 3.05) is 22.5 Å². The fourth-order valence-corrected chi connectivity index (χ4v) is 2.18. The van der Waals surface area contributed by atoms with Crippen LogP contribution in [-0.4, -0.2) is 18.4 Å². The molecule has 0 aromatic heterocycles. The number of hydrogen-bond donors (Lipinski definition) is 3. The zero-order valence-electron chi connectivity index (χ0n) is 13.0. The van der Waals surface area contributed by atoms with E-state index in [1.54, 1.807) is 49.4 Å². The van der Waals surface area contributed by atoms with E-state index in [-0.39, 0.29) is 18.4 Å². The van der Waals surface area contributed by atoms with Gasteiger partial charge in [0.1, 0.15) is 0 Å². The number of carbonyl (C=O) groups is 2. The van der Waals surface area contributed by atoms with Crippen LogP contribution in [-0.2, 0) is 9.59 Å². The molecular formula is C17H17Cl2N3O2. The van der Waals surface area contributed by atoms with Gasteiger partial charge in [0.05, 0.1) is 16.6 Å². The average Bonchev–Trinajstić information content (AvgIpc) is 2.57. The first-order valence-corrected chi connectivity index (χ1v) is 8.12. The Morgan fingerprint density at radius 2 is 1.42 bits per heavy atom. The number of anilines is 3. The second-order valence-electron chi connectivity index (χ2n) is 5.01. The van der Waals surface area contributed by atoms with E-state index >= 15 is 0 Å². The monoisotopic (exact) mass is 365 g/mol. The number of hydrogen-bond acceptors (Lipinski definition) is 3. The zero-order valence-corrected chi connectivity index (χ0v) is 14.5. The fourth-order valence-electron chi connectivity index (χ4n) is 1.88. The summed E-state index contributed by atoms with van der Waals surface area (Å²) in [4.78, 5) is 23.2. The molecule has 0 saturated carbocycles. The van der Waals surface area contributed by atoms with Crippen LogP contribution in [0.1, 0.15) is 13.3 Å². The molecule has 0 aliphatic rings. The Hall–Kier alpha value is -2.24. The van der Waals surface area contributed by atoms with Crippen molar-refractivity contribution >= 4 is 52.1 Å². The minimum atomic E-state index is -0.211. The van der Waals surface area contributed by atoms with E-state index in [0.29, 0.717) is 27.8 Å².